The normalized spacial score (nSPS) is 18.8. The number of amides is 2. The molecular formula is C22H32N4O4S. The molecule has 2 N–H and O–H groups in total. The molecule has 31 heavy (non-hydrogen) atoms. The number of aryl methyl sites for hydroxylation is 2. The fourth-order valence-corrected chi connectivity index (χ4v) is 5.43. The second kappa shape index (κ2) is 9.82. The minimum Gasteiger partial charge on any atom is -0.385 e. The van der Waals surface area contributed by atoms with Gasteiger partial charge in [0.2, 0.25) is 0 Å². The van der Waals surface area contributed by atoms with Crippen molar-refractivity contribution in [1.82, 2.24) is 15.5 Å². The lowest BCUT2D eigenvalue weighted by molar-refractivity contribution is 0.192. The van der Waals surface area contributed by atoms with Crippen LogP contribution in [0.3, 0.4) is 0 Å². The number of benzene rings is 1. The van der Waals surface area contributed by atoms with E-state index in [1.54, 1.807) is 7.11 Å². The summed E-state index contributed by atoms with van der Waals surface area (Å²) >= 11 is 0. The van der Waals surface area contributed by atoms with Crippen molar-refractivity contribution >= 4 is 26.8 Å². The van der Waals surface area contributed by atoms with Gasteiger partial charge in [0.05, 0.1) is 0 Å². The largest absolute Gasteiger partial charge is 0.385 e. The maximum absolute atomic E-state index is 12.8. The van der Waals surface area contributed by atoms with Crippen molar-refractivity contribution in [2.75, 3.05) is 33.4 Å². The van der Waals surface area contributed by atoms with Crippen LogP contribution in [0.25, 0.3) is 4.91 Å². The van der Waals surface area contributed by atoms with Crippen molar-refractivity contribution in [2.45, 2.75) is 46.1 Å². The van der Waals surface area contributed by atoms with Gasteiger partial charge in [0, 0.05) is 45.0 Å². The maximum atomic E-state index is 12.8. The standard InChI is InChI=1S/C22H32N4O4S/c1-15-6-7-18(14-16(15)2)20-17(3)21(25-31(20,28)29)26-11-8-19(9-12-26)24-22(27)23-10-5-13-30-4/h6-7,14,19H,5,8-13H2,1-4H3,(H2,23,24,27). The highest BCUT2D eigenvalue weighted by molar-refractivity contribution is 8.00. The van der Waals surface area contributed by atoms with Crippen molar-refractivity contribution in [3.8, 4) is 0 Å². The Morgan fingerprint density at radius 3 is 2.55 bits per heavy atom. The predicted molar refractivity (Wildman–Crippen MR) is 122 cm³/mol. The summed E-state index contributed by atoms with van der Waals surface area (Å²) in [6, 6.07) is 5.57. The number of nitrogens with zero attached hydrogens (tertiary/aromatic N) is 2. The van der Waals surface area contributed by atoms with E-state index in [0.29, 0.717) is 48.1 Å². The van der Waals surface area contributed by atoms with Crippen molar-refractivity contribution in [2.24, 2.45) is 4.40 Å². The second-order valence-corrected chi connectivity index (χ2v) is 9.69. The van der Waals surface area contributed by atoms with Gasteiger partial charge < -0.3 is 20.3 Å². The summed E-state index contributed by atoms with van der Waals surface area (Å²) in [6.45, 7) is 8.26. The quantitative estimate of drug-likeness (QED) is 0.652. The number of likely N-dealkylation sites (tertiary alicyclic amines) is 1. The Kier molecular flexibility index (Phi) is 7.38. The predicted octanol–water partition coefficient (Wildman–Crippen LogP) is 2.58. The Hall–Kier alpha value is -2.39. The molecular weight excluding hydrogens is 416 g/mol. The van der Waals surface area contributed by atoms with E-state index in [0.717, 1.165) is 30.4 Å². The van der Waals surface area contributed by atoms with E-state index in [2.05, 4.69) is 15.0 Å². The van der Waals surface area contributed by atoms with E-state index in [4.69, 9.17) is 4.74 Å². The van der Waals surface area contributed by atoms with Crippen LogP contribution in [0, 0.1) is 13.8 Å². The highest BCUT2D eigenvalue weighted by atomic mass is 32.2. The molecule has 2 amide bonds. The van der Waals surface area contributed by atoms with Crippen LogP contribution in [-0.4, -0.2) is 64.6 Å². The molecule has 0 saturated carbocycles. The van der Waals surface area contributed by atoms with E-state index >= 15 is 0 Å². The number of ether oxygens (including phenoxy) is 1. The molecule has 1 aromatic carbocycles. The Morgan fingerprint density at radius 2 is 1.90 bits per heavy atom. The molecule has 3 rings (SSSR count). The van der Waals surface area contributed by atoms with E-state index in [1.807, 2.05) is 43.9 Å². The monoisotopic (exact) mass is 448 g/mol. The van der Waals surface area contributed by atoms with Crippen molar-refractivity contribution in [1.29, 1.82) is 0 Å². The van der Waals surface area contributed by atoms with Crippen LogP contribution in [-0.2, 0) is 14.8 Å². The van der Waals surface area contributed by atoms with Crippen LogP contribution in [0.2, 0.25) is 0 Å². The third-order valence-corrected chi connectivity index (χ3v) is 7.32. The van der Waals surface area contributed by atoms with Crippen LogP contribution >= 0.6 is 0 Å². The van der Waals surface area contributed by atoms with Gasteiger partial charge in [-0.05, 0) is 56.7 Å². The molecule has 8 nitrogen and oxygen atoms in total. The number of carbonyl (C=O) groups excluding carboxylic acids is 1. The first kappa shape index (κ1) is 23.3. The zero-order valence-corrected chi connectivity index (χ0v) is 19.5. The van der Waals surface area contributed by atoms with Crippen molar-refractivity contribution < 1.29 is 17.9 Å². The van der Waals surface area contributed by atoms with Gasteiger partial charge in [-0.3, -0.25) is 0 Å². The first-order valence-electron chi connectivity index (χ1n) is 10.6. The summed E-state index contributed by atoms with van der Waals surface area (Å²) in [5.74, 6) is 0.524. The highest BCUT2D eigenvalue weighted by Gasteiger charge is 2.35. The number of hydrogen-bond acceptors (Lipinski definition) is 5. The second-order valence-electron chi connectivity index (χ2n) is 8.15. The summed E-state index contributed by atoms with van der Waals surface area (Å²) in [6.07, 6.45) is 2.23. The zero-order chi connectivity index (χ0) is 22.6. The molecule has 0 unspecified atom stereocenters. The van der Waals surface area contributed by atoms with Crippen LogP contribution in [0.5, 0.6) is 0 Å². The molecule has 2 aliphatic heterocycles. The molecule has 1 saturated heterocycles. The molecule has 2 heterocycles. The van der Waals surface area contributed by atoms with E-state index in [-0.39, 0.29) is 12.1 Å². The van der Waals surface area contributed by atoms with E-state index in [1.165, 1.54) is 0 Å². The van der Waals surface area contributed by atoms with Crippen LogP contribution in [0.4, 0.5) is 4.79 Å². The zero-order valence-electron chi connectivity index (χ0n) is 18.7. The average molecular weight is 449 g/mol. The Morgan fingerprint density at radius 1 is 1.19 bits per heavy atom. The lowest BCUT2D eigenvalue weighted by Crippen LogP contribution is -2.49. The van der Waals surface area contributed by atoms with Gasteiger partial charge in [0.15, 0.2) is 0 Å². The molecule has 0 bridgehead atoms. The van der Waals surface area contributed by atoms with Gasteiger partial charge in [-0.15, -0.1) is 4.40 Å². The molecule has 0 aromatic heterocycles. The van der Waals surface area contributed by atoms with Crippen molar-refractivity contribution in [3.05, 3.63) is 40.5 Å². The fraction of sp³-hybridized carbons (Fsp3) is 0.545. The van der Waals surface area contributed by atoms with E-state index < -0.39 is 10.0 Å². The number of rotatable bonds is 6. The van der Waals surface area contributed by atoms with Gasteiger partial charge in [0.1, 0.15) is 10.7 Å². The summed E-state index contributed by atoms with van der Waals surface area (Å²) in [7, 11) is -2.09. The van der Waals surface area contributed by atoms with E-state index in [9.17, 15) is 13.2 Å². The molecule has 0 spiro atoms. The average Bonchev–Trinajstić information content (AvgIpc) is 2.97. The van der Waals surface area contributed by atoms with Gasteiger partial charge >= 0.3 is 6.03 Å². The molecule has 1 fully saturated rings. The minimum absolute atomic E-state index is 0.0563. The molecule has 9 heteroatoms. The number of urea groups is 1. The number of piperidine rings is 1. The minimum atomic E-state index is -3.73. The maximum Gasteiger partial charge on any atom is 0.315 e. The third kappa shape index (κ3) is 5.46. The number of sulfonamides is 1. The van der Waals surface area contributed by atoms with Crippen LogP contribution in [0.15, 0.2) is 28.2 Å². The van der Waals surface area contributed by atoms with Gasteiger partial charge in [-0.25, -0.2) is 4.79 Å². The van der Waals surface area contributed by atoms with Gasteiger partial charge in [-0.1, -0.05) is 18.2 Å². The number of carbonyl (C=O) groups is 1. The first-order chi connectivity index (χ1) is 14.7. The Bertz CT molecular complexity index is 993. The summed E-state index contributed by atoms with van der Waals surface area (Å²) in [5, 5.41) is 5.82. The Balaban J connectivity index is 1.63. The number of methoxy groups -OCH3 is 1. The molecule has 2 aliphatic rings. The summed E-state index contributed by atoms with van der Waals surface area (Å²) < 4.78 is 34.7. The van der Waals surface area contributed by atoms with Crippen LogP contribution < -0.4 is 10.6 Å². The van der Waals surface area contributed by atoms with Crippen molar-refractivity contribution in [3.63, 3.8) is 0 Å². The lowest BCUT2D eigenvalue weighted by atomic mass is 10.0. The van der Waals surface area contributed by atoms with Crippen LogP contribution in [0.1, 0.15) is 42.9 Å². The summed E-state index contributed by atoms with van der Waals surface area (Å²) in [5.41, 5.74) is 3.54. The molecule has 0 radical (unpaired) electrons. The molecule has 0 atom stereocenters. The SMILES string of the molecule is COCCCNC(=O)NC1CCN(C2=NS(=O)(=O)C(c3ccc(C)c(C)c3)=C2C)CC1. The Labute approximate surface area is 184 Å². The fourth-order valence-electron chi connectivity index (χ4n) is 3.96. The molecule has 0 aliphatic carbocycles. The number of nitrogens with one attached hydrogen (secondary N) is 2. The highest BCUT2D eigenvalue weighted by Crippen LogP contribution is 2.35. The molecule has 1 aromatic rings. The number of amidine groups is 1. The topological polar surface area (TPSA) is 100 Å². The van der Waals surface area contributed by atoms with Gasteiger partial charge in [0.25, 0.3) is 10.0 Å². The molecule has 170 valence electrons. The third-order valence-electron chi connectivity index (χ3n) is 5.85. The first-order valence-corrected chi connectivity index (χ1v) is 12.1. The van der Waals surface area contributed by atoms with Gasteiger partial charge in [-0.2, -0.15) is 8.42 Å². The lowest BCUT2D eigenvalue weighted by Gasteiger charge is -2.33. The smallest absolute Gasteiger partial charge is 0.315 e. The number of hydrogen-bond donors (Lipinski definition) is 2. The summed E-state index contributed by atoms with van der Waals surface area (Å²) in [4.78, 5) is 14.3.